The molecule has 7 heteroatoms. The number of methoxy groups -OCH3 is 1. The van der Waals surface area contributed by atoms with Crippen LogP contribution >= 0.6 is 0 Å². The van der Waals surface area contributed by atoms with Crippen molar-refractivity contribution >= 4 is 23.0 Å². The smallest absolute Gasteiger partial charge is 0.293 e. The molecule has 2 aromatic carbocycles. The number of nitro benzene ring substituents is 1. The van der Waals surface area contributed by atoms with E-state index >= 15 is 0 Å². The van der Waals surface area contributed by atoms with Gasteiger partial charge in [0.1, 0.15) is 11.4 Å². The lowest BCUT2D eigenvalue weighted by molar-refractivity contribution is -0.384. The zero-order chi connectivity index (χ0) is 19.4. The fourth-order valence-corrected chi connectivity index (χ4v) is 3.33. The molecule has 0 atom stereocenters. The van der Waals surface area contributed by atoms with Crippen molar-refractivity contribution in [3.8, 4) is 5.75 Å². The van der Waals surface area contributed by atoms with Gasteiger partial charge in [-0.3, -0.25) is 14.9 Å². The molecular formula is C20H23N3O4. The van der Waals surface area contributed by atoms with Crippen molar-refractivity contribution in [1.82, 2.24) is 0 Å². The zero-order valence-electron chi connectivity index (χ0n) is 15.5. The van der Waals surface area contributed by atoms with E-state index in [-0.39, 0.29) is 11.3 Å². The number of nitro groups is 1. The summed E-state index contributed by atoms with van der Waals surface area (Å²) in [5.41, 5.74) is 2.28. The van der Waals surface area contributed by atoms with E-state index in [1.54, 1.807) is 24.3 Å². The van der Waals surface area contributed by atoms with Crippen molar-refractivity contribution in [2.24, 2.45) is 0 Å². The number of piperidine rings is 1. The van der Waals surface area contributed by atoms with E-state index in [1.165, 1.54) is 13.2 Å². The van der Waals surface area contributed by atoms with Gasteiger partial charge < -0.3 is 15.0 Å². The van der Waals surface area contributed by atoms with Crippen LogP contribution in [-0.2, 0) is 0 Å². The Morgan fingerprint density at radius 1 is 1.15 bits per heavy atom. The van der Waals surface area contributed by atoms with Crippen LogP contribution in [0, 0.1) is 17.0 Å². The molecule has 142 valence electrons. The van der Waals surface area contributed by atoms with Crippen molar-refractivity contribution in [1.29, 1.82) is 0 Å². The first-order chi connectivity index (χ1) is 13.0. The molecule has 27 heavy (non-hydrogen) atoms. The number of rotatable bonds is 5. The van der Waals surface area contributed by atoms with Crippen LogP contribution in [-0.4, -0.2) is 31.0 Å². The molecule has 2 aromatic rings. The van der Waals surface area contributed by atoms with Gasteiger partial charge >= 0.3 is 0 Å². The van der Waals surface area contributed by atoms with E-state index in [0.29, 0.717) is 17.1 Å². The molecule has 0 aromatic heterocycles. The summed E-state index contributed by atoms with van der Waals surface area (Å²) in [7, 11) is 1.53. The third kappa shape index (κ3) is 4.19. The Kier molecular flexibility index (Phi) is 5.59. The highest BCUT2D eigenvalue weighted by molar-refractivity contribution is 6.05. The number of hydrogen-bond donors (Lipinski definition) is 1. The number of benzene rings is 2. The average molecular weight is 369 g/mol. The fourth-order valence-electron chi connectivity index (χ4n) is 3.33. The third-order valence-electron chi connectivity index (χ3n) is 4.73. The number of aryl methyl sites for hydroxylation is 1. The maximum Gasteiger partial charge on any atom is 0.293 e. The van der Waals surface area contributed by atoms with Gasteiger partial charge in [-0.15, -0.1) is 0 Å². The number of amides is 1. The molecule has 1 aliphatic heterocycles. The van der Waals surface area contributed by atoms with Crippen LogP contribution < -0.4 is 15.0 Å². The number of anilines is 2. The number of nitrogens with one attached hydrogen (secondary N) is 1. The minimum absolute atomic E-state index is 0.0410. The van der Waals surface area contributed by atoms with Crippen molar-refractivity contribution in [2.45, 2.75) is 26.2 Å². The van der Waals surface area contributed by atoms with Gasteiger partial charge in [0, 0.05) is 24.7 Å². The van der Waals surface area contributed by atoms with Gasteiger partial charge in [-0.05, 0) is 56.0 Å². The summed E-state index contributed by atoms with van der Waals surface area (Å²) in [6.07, 6.45) is 3.18. The van der Waals surface area contributed by atoms with E-state index in [1.807, 2.05) is 17.9 Å². The second-order valence-electron chi connectivity index (χ2n) is 6.67. The molecule has 0 bridgehead atoms. The van der Waals surface area contributed by atoms with Crippen molar-refractivity contribution in [3.63, 3.8) is 0 Å². The van der Waals surface area contributed by atoms with Gasteiger partial charge in [-0.25, -0.2) is 0 Å². The molecular weight excluding hydrogens is 346 g/mol. The Bertz CT molecular complexity index is 860. The van der Waals surface area contributed by atoms with Crippen molar-refractivity contribution in [2.75, 3.05) is 30.4 Å². The summed E-state index contributed by atoms with van der Waals surface area (Å²) >= 11 is 0. The Morgan fingerprint density at radius 2 is 1.89 bits per heavy atom. The Hall–Kier alpha value is -3.09. The SMILES string of the molecule is COc1ccc(C)cc1NC(=O)c1ccc(N2CCCCC2)c([N+](=O)[O-])c1. The van der Waals surface area contributed by atoms with Gasteiger partial charge in [0.25, 0.3) is 11.6 Å². The lowest BCUT2D eigenvalue weighted by atomic mass is 10.1. The minimum atomic E-state index is -0.423. The van der Waals surface area contributed by atoms with Gasteiger partial charge in [0.05, 0.1) is 17.7 Å². The van der Waals surface area contributed by atoms with Gasteiger partial charge in [-0.1, -0.05) is 6.07 Å². The molecule has 0 saturated carbocycles. The monoisotopic (exact) mass is 369 g/mol. The quantitative estimate of drug-likeness (QED) is 0.632. The summed E-state index contributed by atoms with van der Waals surface area (Å²) in [6, 6.07) is 10.1. The van der Waals surface area contributed by atoms with Crippen LogP contribution in [0.3, 0.4) is 0 Å². The number of ether oxygens (including phenoxy) is 1. The normalized spacial score (nSPS) is 13.9. The van der Waals surface area contributed by atoms with E-state index < -0.39 is 10.8 Å². The van der Waals surface area contributed by atoms with Crippen LogP contribution in [0.2, 0.25) is 0 Å². The summed E-state index contributed by atoms with van der Waals surface area (Å²) in [4.78, 5) is 25.8. The van der Waals surface area contributed by atoms with Gasteiger partial charge in [0.2, 0.25) is 0 Å². The van der Waals surface area contributed by atoms with Crippen molar-refractivity contribution in [3.05, 3.63) is 57.6 Å². The molecule has 1 fully saturated rings. The lowest BCUT2D eigenvalue weighted by Gasteiger charge is -2.28. The topological polar surface area (TPSA) is 84.7 Å². The molecule has 0 unspecified atom stereocenters. The van der Waals surface area contributed by atoms with Crippen molar-refractivity contribution < 1.29 is 14.5 Å². The predicted octanol–water partition coefficient (Wildman–Crippen LogP) is 4.15. The molecule has 1 saturated heterocycles. The highest BCUT2D eigenvalue weighted by Crippen LogP contribution is 2.32. The molecule has 0 aliphatic carbocycles. The summed E-state index contributed by atoms with van der Waals surface area (Å²) in [6.45, 7) is 3.51. The molecule has 7 nitrogen and oxygen atoms in total. The maximum absolute atomic E-state index is 12.7. The fraction of sp³-hybridized carbons (Fsp3) is 0.350. The van der Waals surface area contributed by atoms with Gasteiger partial charge in [0.15, 0.2) is 0 Å². The summed E-state index contributed by atoms with van der Waals surface area (Å²) in [5, 5.41) is 14.4. The highest BCUT2D eigenvalue weighted by atomic mass is 16.6. The van der Waals surface area contributed by atoms with E-state index in [0.717, 1.165) is 37.9 Å². The standard InChI is InChI=1S/C20H23N3O4/c1-14-6-9-19(27-2)16(12-14)21-20(24)15-7-8-17(18(13-15)23(25)26)22-10-4-3-5-11-22/h6-9,12-13H,3-5,10-11H2,1-2H3,(H,21,24). The largest absolute Gasteiger partial charge is 0.495 e. The number of nitrogens with zero attached hydrogens (tertiary/aromatic N) is 2. The molecule has 0 radical (unpaired) electrons. The summed E-state index contributed by atoms with van der Waals surface area (Å²) < 4.78 is 5.27. The molecule has 1 amide bonds. The van der Waals surface area contributed by atoms with E-state index in [4.69, 9.17) is 4.74 Å². The van der Waals surface area contributed by atoms with Crippen LogP contribution in [0.4, 0.5) is 17.1 Å². The minimum Gasteiger partial charge on any atom is -0.495 e. The first-order valence-corrected chi connectivity index (χ1v) is 8.99. The Labute approximate surface area is 158 Å². The zero-order valence-corrected chi connectivity index (χ0v) is 15.5. The predicted molar refractivity (Wildman–Crippen MR) is 105 cm³/mol. The maximum atomic E-state index is 12.7. The molecule has 3 rings (SSSR count). The number of carbonyl (C=O) groups is 1. The first-order valence-electron chi connectivity index (χ1n) is 8.99. The van der Waals surface area contributed by atoms with Gasteiger partial charge in [-0.2, -0.15) is 0 Å². The second kappa shape index (κ2) is 8.07. The highest BCUT2D eigenvalue weighted by Gasteiger charge is 2.23. The first kappa shape index (κ1) is 18.7. The van der Waals surface area contributed by atoms with Crippen LogP contribution in [0.25, 0.3) is 0 Å². The molecule has 0 spiro atoms. The summed E-state index contributed by atoms with van der Waals surface area (Å²) in [5.74, 6) is 0.126. The number of carbonyl (C=O) groups excluding carboxylic acids is 1. The van der Waals surface area contributed by atoms with Crippen LogP contribution in [0.1, 0.15) is 35.2 Å². The Morgan fingerprint density at radius 3 is 2.56 bits per heavy atom. The third-order valence-corrected chi connectivity index (χ3v) is 4.73. The number of hydrogen-bond acceptors (Lipinski definition) is 5. The van der Waals surface area contributed by atoms with E-state index in [2.05, 4.69) is 5.32 Å². The lowest BCUT2D eigenvalue weighted by Crippen LogP contribution is -2.30. The van der Waals surface area contributed by atoms with E-state index in [9.17, 15) is 14.9 Å². The molecule has 1 aliphatic rings. The van der Waals surface area contributed by atoms with Crippen LogP contribution in [0.15, 0.2) is 36.4 Å². The molecule has 1 heterocycles. The average Bonchev–Trinajstić information content (AvgIpc) is 2.68. The Balaban J connectivity index is 1.88. The molecule has 1 N–H and O–H groups in total. The second-order valence-corrected chi connectivity index (χ2v) is 6.67. The van der Waals surface area contributed by atoms with Crippen LogP contribution in [0.5, 0.6) is 5.75 Å².